The Morgan fingerprint density at radius 2 is 2.10 bits per heavy atom. The molecule has 4 rings (SSSR count). The largest absolute Gasteiger partial charge is 0.363 e. The average Bonchev–Trinajstić information content (AvgIpc) is 2.97. The molecule has 2 aromatic heterocycles. The van der Waals surface area contributed by atoms with Crippen molar-refractivity contribution < 1.29 is 0 Å². The van der Waals surface area contributed by atoms with Crippen LogP contribution in [-0.2, 0) is 6.42 Å². The number of rotatable bonds is 2. The molecule has 0 spiro atoms. The van der Waals surface area contributed by atoms with Crippen molar-refractivity contribution in [1.29, 1.82) is 0 Å². The van der Waals surface area contributed by atoms with Crippen molar-refractivity contribution in [3.05, 3.63) is 54.0 Å². The summed E-state index contributed by atoms with van der Waals surface area (Å²) in [6.07, 6.45) is 7.05. The summed E-state index contributed by atoms with van der Waals surface area (Å²) < 4.78 is 0. The van der Waals surface area contributed by atoms with Crippen LogP contribution in [0.4, 0.5) is 5.82 Å². The average molecular weight is 264 g/mol. The van der Waals surface area contributed by atoms with Crippen LogP contribution >= 0.6 is 0 Å². The van der Waals surface area contributed by atoms with Crippen LogP contribution in [0.1, 0.15) is 30.0 Å². The number of nitrogens with one attached hydrogen (secondary N) is 2. The number of aromatic amines is 1. The number of hydrogen-bond donors (Lipinski definition) is 2. The van der Waals surface area contributed by atoms with E-state index < -0.39 is 0 Å². The first kappa shape index (κ1) is 11.5. The van der Waals surface area contributed by atoms with Crippen molar-refractivity contribution in [2.75, 3.05) is 5.32 Å². The van der Waals surface area contributed by atoms with Gasteiger partial charge >= 0.3 is 0 Å². The van der Waals surface area contributed by atoms with Gasteiger partial charge < -0.3 is 10.3 Å². The molecule has 2 heterocycles. The quantitative estimate of drug-likeness (QED) is 0.745. The minimum Gasteiger partial charge on any atom is -0.363 e. The fourth-order valence-corrected chi connectivity index (χ4v) is 3.06. The van der Waals surface area contributed by atoms with Gasteiger partial charge in [-0.1, -0.05) is 24.3 Å². The van der Waals surface area contributed by atoms with E-state index in [1.54, 1.807) is 6.33 Å². The summed E-state index contributed by atoms with van der Waals surface area (Å²) in [6.45, 7) is 0. The Hall–Kier alpha value is -2.36. The van der Waals surface area contributed by atoms with Gasteiger partial charge in [-0.25, -0.2) is 9.97 Å². The lowest BCUT2D eigenvalue weighted by atomic mass is 9.88. The van der Waals surface area contributed by atoms with Crippen LogP contribution < -0.4 is 5.32 Å². The zero-order valence-corrected chi connectivity index (χ0v) is 11.1. The maximum Gasteiger partial charge on any atom is 0.142 e. The van der Waals surface area contributed by atoms with Gasteiger partial charge in [0.2, 0.25) is 0 Å². The predicted molar refractivity (Wildman–Crippen MR) is 79.6 cm³/mol. The van der Waals surface area contributed by atoms with E-state index >= 15 is 0 Å². The summed E-state index contributed by atoms with van der Waals surface area (Å²) in [6, 6.07) is 11.1. The lowest BCUT2D eigenvalue weighted by molar-refractivity contribution is 0.599. The Balaban J connectivity index is 1.72. The Bertz CT molecular complexity index is 747. The highest BCUT2D eigenvalue weighted by molar-refractivity contribution is 5.86. The molecule has 0 amide bonds. The number of hydrogen-bond acceptors (Lipinski definition) is 3. The highest BCUT2D eigenvalue weighted by Gasteiger charge is 2.20. The number of H-pyrrole nitrogens is 1. The fraction of sp³-hybridized carbons (Fsp3) is 0.250. The van der Waals surface area contributed by atoms with E-state index in [-0.39, 0.29) is 0 Å². The van der Waals surface area contributed by atoms with Crippen LogP contribution in [0.3, 0.4) is 0 Å². The highest BCUT2D eigenvalue weighted by atomic mass is 15.1. The fourth-order valence-electron chi connectivity index (χ4n) is 3.06. The van der Waals surface area contributed by atoms with Crippen LogP contribution in [0.2, 0.25) is 0 Å². The molecule has 2 N–H and O–H groups in total. The molecular weight excluding hydrogens is 248 g/mol. The molecule has 0 aliphatic heterocycles. The van der Waals surface area contributed by atoms with E-state index in [2.05, 4.69) is 44.5 Å². The van der Waals surface area contributed by atoms with Crippen molar-refractivity contribution in [3.63, 3.8) is 0 Å². The van der Waals surface area contributed by atoms with E-state index in [4.69, 9.17) is 0 Å². The molecule has 1 aliphatic rings. The van der Waals surface area contributed by atoms with Crippen molar-refractivity contribution in [2.45, 2.75) is 25.3 Å². The zero-order valence-electron chi connectivity index (χ0n) is 11.1. The van der Waals surface area contributed by atoms with Gasteiger partial charge in [-0.2, -0.15) is 0 Å². The minimum absolute atomic E-state index is 0.341. The van der Waals surface area contributed by atoms with E-state index in [1.807, 2.05) is 12.3 Å². The molecule has 20 heavy (non-hydrogen) atoms. The van der Waals surface area contributed by atoms with Gasteiger partial charge in [0, 0.05) is 6.20 Å². The second-order valence-corrected chi connectivity index (χ2v) is 5.25. The molecule has 4 nitrogen and oxygen atoms in total. The van der Waals surface area contributed by atoms with E-state index in [0.29, 0.717) is 6.04 Å². The lowest BCUT2D eigenvalue weighted by Gasteiger charge is -2.26. The van der Waals surface area contributed by atoms with Gasteiger partial charge in [0.05, 0.1) is 11.4 Å². The van der Waals surface area contributed by atoms with E-state index in [9.17, 15) is 0 Å². The molecule has 100 valence electrons. The van der Waals surface area contributed by atoms with Gasteiger partial charge in [-0.05, 0) is 36.5 Å². The minimum atomic E-state index is 0.341. The predicted octanol–water partition coefficient (Wildman–Crippen LogP) is 3.45. The molecule has 0 radical (unpaired) electrons. The number of aromatic nitrogens is 3. The third-order valence-electron chi connectivity index (χ3n) is 4.03. The summed E-state index contributed by atoms with van der Waals surface area (Å²) in [4.78, 5) is 11.8. The summed E-state index contributed by atoms with van der Waals surface area (Å²) in [5, 5.41) is 4.65. The van der Waals surface area contributed by atoms with Crippen molar-refractivity contribution >= 4 is 16.9 Å². The smallest absolute Gasteiger partial charge is 0.142 e. The van der Waals surface area contributed by atoms with Crippen LogP contribution in [0.5, 0.6) is 0 Å². The first-order valence-corrected chi connectivity index (χ1v) is 7.04. The number of anilines is 1. The third kappa shape index (κ3) is 1.84. The Morgan fingerprint density at radius 3 is 3.10 bits per heavy atom. The van der Waals surface area contributed by atoms with Crippen molar-refractivity contribution in [2.24, 2.45) is 0 Å². The van der Waals surface area contributed by atoms with Crippen LogP contribution in [0.25, 0.3) is 11.0 Å². The molecule has 0 bridgehead atoms. The Kier molecular flexibility index (Phi) is 2.66. The molecule has 1 unspecified atom stereocenters. The maximum absolute atomic E-state index is 4.40. The Labute approximate surface area is 117 Å². The van der Waals surface area contributed by atoms with E-state index in [0.717, 1.165) is 23.3 Å². The molecule has 0 saturated carbocycles. The molecule has 1 aromatic carbocycles. The number of nitrogens with zero attached hydrogens (tertiary/aromatic N) is 2. The summed E-state index contributed by atoms with van der Waals surface area (Å²) in [5.74, 6) is 0.915. The third-order valence-corrected chi connectivity index (χ3v) is 4.03. The first-order valence-electron chi connectivity index (χ1n) is 7.04. The van der Waals surface area contributed by atoms with Crippen LogP contribution in [-0.4, -0.2) is 15.0 Å². The van der Waals surface area contributed by atoms with Crippen LogP contribution in [0.15, 0.2) is 42.9 Å². The summed E-state index contributed by atoms with van der Waals surface area (Å²) in [5.41, 5.74) is 3.74. The summed E-state index contributed by atoms with van der Waals surface area (Å²) >= 11 is 0. The molecule has 0 saturated heterocycles. The molecular formula is C16H16N4. The zero-order chi connectivity index (χ0) is 13.4. The van der Waals surface area contributed by atoms with Crippen molar-refractivity contribution in [1.82, 2.24) is 15.0 Å². The first-order chi connectivity index (χ1) is 9.92. The van der Waals surface area contributed by atoms with Gasteiger partial charge in [0.15, 0.2) is 0 Å². The molecule has 4 heteroatoms. The van der Waals surface area contributed by atoms with Gasteiger partial charge in [0.1, 0.15) is 17.8 Å². The standard InChI is InChI=1S/C16H16N4/c1-2-6-12-11(4-1)5-3-7-14(12)20-16-13-8-9-17-15(13)18-10-19-16/h1-2,4,6,8-10,14H,3,5,7H2,(H2,17,18,19,20). The Morgan fingerprint density at radius 1 is 1.15 bits per heavy atom. The van der Waals surface area contributed by atoms with Crippen molar-refractivity contribution in [3.8, 4) is 0 Å². The lowest BCUT2D eigenvalue weighted by Crippen LogP contribution is -2.18. The van der Waals surface area contributed by atoms with Crippen LogP contribution in [0, 0.1) is 0 Å². The summed E-state index contributed by atoms with van der Waals surface area (Å²) in [7, 11) is 0. The molecule has 0 fully saturated rings. The number of fused-ring (bicyclic) bond motifs is 2. The monoisotopic (exact) mass is 264 g/mol. The van der Waals surface area contributed by atoms with Gasteiger partial charge in [-0.3, -0.25) is 0 Å². The SMILES string of the molecule is c1ccc2c(c1)CCCC2Nc1ncnc2[nH]ccc12. The molecule has 3 aromatic rings. The molecule has 1 aliphatic carbocycles. The van der Waals surface area contributed by atoms with Gasteiger partial charge in [0.25, 0.3) is 0 Å². The second kappa shape index (κ2) is 4.63. The van der Waals surface area contributed by atoms with E-state index in [1.165, 1.54) is 24.0 Å². The second-order valence-electron chi connectivity index (χ2n) is 5.25. The topological polar surface area (TPSA) is 53.6 Å². The normalized spacial score (nSPS) is 17.9. The number of aryl methyl sites for hydroxylation is 1. The number of benzene rings is 1. The maximum atomic E-state index is 4.40. The van der Waals surface area contributed by atoms with Gasteiger partial charge in [-0.15, -0.1) is 0 Å². The molecule has 1 atom stereocenters. The highest BCUT2D eigenvalue weighted by Crippen LogP contribution is 2.33.